The van der Waals surface area contributed by atoms with Gasteiger partial charge in [0, 0.05) is 24.9 Å². The van der Waals surface area contributed by atoms with E-state index in [0.717, 1.165) is 28.1 Å². The van der Waals surface area contributed by atoms with Crippen molar-refractivity contribution in [1.29, 1.82) is 0 Å². The number of rotatable bonds is 2. The number of benzene rings is 2. The van der Waals surface area contributed by atoms with E-state index in [1.165, 1.54) is 0 Å². The number of fused-ring (bicyclic) bond motifs is 3. The third-order valence-electron chi connectivity index (χ3n) is 5.50. The standard InChI is InChI=1S/C24H25N3O2/c1-14(2)23-25-22-19(24(29)27(23)18-8-6-15(3)7-9-18)10-11-20-21(22)16(4)12-13-26(20)17(5)28/h6-12,14H,13H2,1-5H3. The van der Waals surface area contributed by atoms with E-state index in [9.17, 15) is 9.59 Å². The lowest BCUT2D eigenvalue weighted by Gasteiger charge is -2.28. The van der Waals surface area contributed by atoms with Gasteiger partial charge in [-0.05, 0) is 43.7 Å². The van der Waals surface area contributed by atoms with Gasteiger partial charge < -0.3 is 4.90 Å². The molecule has 2 heterocycles. The Hall–Kier alpha value is -3.21. The predicted molar refractivity (Wildman–Crippen MR) is 118 cm³/mol. The van der Waals surface area contributed by atoms with E-state index in [4.69, 9.17) is 4.98 Å². The Balaban J connectivity index is 2.09. The minimum atomic E-state index is -0.0851. The summed E-state index contributed by atoms with van der Waals surface area (Å²) >= 11 is 0. The molecule has 29 heavy (non-hydrogen) atoms. The first-order valence-corrected chi connectivity index (χ1v) is 9.91. The van der Waals surface area contributed by atoms with Crippen molar-refractivity contribution >= 4 is 28.1 Å². The van der Waals surface area contributed by atoms with Crippen molar-refractivity contribution in [3.05, 3.63) is 69.8 Å². The highest BCUT2D eigenvalue weighted by atomic mass is 16.2. The summed E-state index contributed by atoms with van der Waals surface area (Å²) < 4.78 is 1.71. The van der Waals surface area contributed by atoms with Crippen LogP contribution in [0.3, 0.4) is 0 Å². The smallest absolute Gasteiger partial charge is 0.266 e. The fraction of sp³-hybridized carbons (Fsp3) is 0.292. The molecule has 0 saturated carbocycles. The van der Waals surface area contributed by atoms with Crippen molar-refractivity contribution < 1.29 is 4.79 Å². The summed E-state index contributed by atoms with van der Waals surface area (Å²) in [6.07, 6.45) is 2.02. The summed E-state index contributed by atoms with van der Waals surface area (Å²) in [5.74, 6) is 0.750. The van der Waals surface area contributed by atoms with Gasteiger partial charge in [0.2, 0.25) is 5.91 Å². The summed E-state index contributed by atoms with van der Waals surface area (Å²) in [6, 6.07) is 11.6. The third kappa shape index (κ3) is 3.07. The van der Waals surface area contributed by atoms with Crippen LogP contribution in [-0.4, -0.2) is 22.0 Å². The van der Waals surface area contributed by atoms with Crippen molar-refractivity contribution in [2.45, 2.75) is 40.5 Å². The number of aromatic nitrogens is 2. The number of allylic oxidation sites excluding steroid dienone is 1. The van der Waals surface area contributed by atoms with Gasteiger partial charge in [0.05, 0.1) is 22.3 Å². The van der Waals surface area contributed by atoms with Crippen LogP contribution in [-0.2, 0) is 4.79 Å². The van der Waals surface area contributed by atoms with Crippen molar-refractivity contribution in [2.75, 3.05) is 11.4 Å². The zero-order valence-electron chi connectivity index (χ0n) is 17.5. The van der Waals surface area contributed by atoms with Crippen LogP contribution in [0.25, 0.3) is 22.2 Å². The highest BCUT2D eigenvalue weighted by molar-refractivity contribution is 6.04. The quantitative estimate of drug-likeness (QED) is 0.646. The summed E-state index contributed by atoms with van der Waals surface area (Å²) in [5, 5.41) is 0.562. The van der Waals surface area contributed by atoms with Crippen LogP contribution in [0.5, 0.6) is 0 Å². The van der Waals surface area contributed by atoms with Crippen LogP contribution >= 0.6 is 0 Å². The van der Waals surface area contributed by atoms with E-state index in [-0.39, 0.29) is 17.4 Å². The first-order chi connectivity index (χ1) is 13.8. The first kappa shape index (κ1) is 19.1. The Bertz CT molecular complexity index is 1220. The second kappa shape index (κ2) is 6.99. The number of hydrogen-bond donors (Lipinski definition) is 0. The molecule has 0 radical (unpaired) electrons. The molecule has 0 bridgehead atoms. The topological polar surface area (TPSA) is 55.2 Å². The van der Waals surface area contributed by atoms with Gasteiger partial charge in [0.1, 0.15) is 5.82 Å². The van der Waals surface area contributed by atoms with E-state index in [1.807, 2.05) is 64.1 Å². The number of nitrogens with zero attached hydrogens (tertiary/aromatic N) is 3. The lowest BCUT2D eigenvalue weighted by atomic mass is 9.96. The van der Waals surface area contributed by atoms with Gasteiger partial charge in [-0.15, -0.1) is 0 Å². The molecule has 2 aromatic carbocycles. The third-order valence-corrected chi connectivity index (χ3v) is 5.50. The molecule has 4 rings (SSSR count). The fourth-order valence-corrected chi connectivity index (χ4v) is 3.93. The van der Waals surface area contributed by atoms with Gasteiger partial charge in [-0.3, -0.25) is 14.2 Å². The lowest BCUT2D eigenvalue weighted by Crippen LogP contribution is -2.32. The number of carbonyl (C=O) groups excluding carboxylic acids is 1. The minimum Gasteiger partial charge on any atom is -0.308 e. The molecule has 0 spiro atoms. The molecule has 1 aromatic heterocycles. The maximum Gasteiger partial charge on any atom is 0.266 e. The summed E-state index contributed by atoms with van der Waals surface area (Å²) in [5.41, 5.74) is 5.27. The summed E-state index contributed by atoms with van der Waals surface area (Å²) in [6.45, 7) is 10.2. The molecule has 0 fully saturated rings. The Labute approximate surface area is 170 Å². The second-order valence-corrected chi connectivity index (χ2v) is 7.97. The number of hydrogen-bond acceptors (Lipinski definition) is 3. The fourth-order valence-electron chi connectivity index (χ4n) is 3.93. The van der Waals surface area contributed by atoms with E-state index in [0.29, 0.717) is 23.3 Å². The van der Waals surface area contributed by atoms with Crippen LogP contribution in [0, 0.1) is 6.92 Å². The molecule has 5 heteroatoms. The van der Waals surface area contributed by atoms with E-state index in [2.05, 4.69) is 0 Å². The summed E-state index contributed by atoms with van der Waals surface area (Å²) in [7, 11) is 0. The van der Waals surface area contributed by atoms with E-state index < -0.39 is 0 Å². The molecule has 1 amide bonds. The molecule has 1 aliphatic rings. The normalized spacial score (nSPS) is 13.6. The van der Waals surface area contributed by atoms with Crippen LogP contribution in [0.4, 0.5) is 5.69 Å². The van der Waals surface area contributed by atoms with Crippen LogP contribution < -0.4 is 10.5 Å². The van der Waals surface area contributed by atoms with Gasteiger partial charge in [-0.2, -0.15) is 0 Å². The Morgan fingerprint density at radius 1 is 1.07 bits per heavy atom. The minimum absolute atomic E-state index is 0.0218. The van der Waals surface area contributed by atoms with Gasteiger partial charge in [-0.1, -0.05) is 37.6 Å². The molecule has 5 nitrogen and oxygen atoms in total. The monoisotopic (exact) mass is 387 g/mol. The molecule has 0 N–H and O–H groups in total. The highest BCUT2D eigenvalue weighted by Gasteiger charge is 2.25. The number of aryl methyl sites for hydroxylation is 1. The number of anilines is 1. The average molecular weight is 387 g/mol. The predicted octanol–water partition coefficient (Wildman–Crippen LogP) is 4.59. The lowest BCUT2D eigenvalue weighted by molar-refractivity contribution is -0.116. The number of carbonyl (C=O) groups is 1. The molecule has 0 atom stereocenters. The first-order valence-electron chi connectivity index (χ1n) is 9.91. The van der Waals surface area contributed by atoms with Crippen LogP contribution in [0.15, 0.2) is 47.3 Å². The van der Waals surface area contributed by atoms with Gasteiger partial charge in [-0.25, -0.2) is 4.98 Å². The Morgan fingerprint density at radius 2 is 1.76 bits per heavy atom. The van der Waals surface area contributed by atoms with Crippen molar-refractivity contribution in [2.24, 2.45) is 0 Å². The van der Waals surface area contributed by atoms with Gasteiger partial charge >= 0.3 is 0 Å². The molecule has 3 aromatic rings. The zero-order valence-corrected chi connectivity index (χ0v) is 17.5. The molecular formula is C24H25N3O2. The Morgan fingerprint density at radius 3 is 2.38 bits per heavy atom. The Kier molecular flexibility index (Phi) is 4.61. The number of amides is 1. The van der Waals surface area contributed by atoms with Gasteiger partial charge in [0.15, 0.2) is 0 Å². The molecule has 1 aliphatic heterocycles. The molecular weight excluding hydrogens is 362 g/mol. The van der Waals surface area contributed by atoms with E-state index >= 15 is 0 Å². The van der Waals surface area contributed by atoms with Gasteiger partial charge in [0.25, 0.3) is 5.56 Å². The highest BCUT2D eigenvalue weighted by Crippen LogP contribution is 2.36. The van der Waals surface area contributed by atoms with E-state index in [1.54, 1.807) is 22.5 Å². The largest absolute Gasteiger partial charge is 0.308 e. The van der Waals surface area contributed by atoms with Crippen molar-refractivity contribution in [1.82, 2.24) is 9.55 Å². The zero-order chi connectivity index (χ0) is 20.9. The van der Waals surface area contributed by atoms with Crippen LogP contribution in [0.1, 0.15) is 50.6 Å². The SMILES string of the molecule is CC(=O)N1CC=C(C)c2c1ccc1c(=O)n(-c3ccc(C)cc3)c(C(C)C)nc21. The maximum absolute atomic E-state index is 13.6. The second-order valence-electron chi connectivity index (χ2n) is 7.97. The summed E-state index contributed by atoms with van der Waals surface area (Å²) in [4.78, 5) is 32.4. The van der Waals surface area contributed by atoms with Crippen LogP contribution in [0.2, 0.25) is 0 Å². The molecule has 0 saturated heterocycles. The average Bonchev–Trinajstić information content (AvgIpc) is 2.68. The van der Waals surface area contributed by atoms with Crippen molar-refractivity contribution in [3.63, 3.8) is 0 Å². The molecule has 0 unspecified atom stereocenters. The maximum atomic E-state index is 13.6. The molecule has 148 valence electrons. The molecule has 0 aliphatic carbocycles. The van der Waals surface area contributed by atoms with Crippen molar-refractivity contribution in [3.8, 4) is 5.69 Å².